The lowest BCUT2D eigenvalue weighted by Gasteiger charge is -2.25. The van der Waals surface area contributed by atoms with E-state index >= 15 is 0 Å². The van der Waals surface area contributed by atoms with Gasteiger partial charge in [0.25, 0.3) is 12.0 Å². The third-order valence-electron chi connectivity index (χ3n) is 2.84. The zero-order chi connectivity index (χ0) is 11.7. The molecule has 0 amide bonds. The van der Waals surface area contributed by atoms with E-state index in [1.165, 1.54) is 6.33 Å². The lowest BCUT2D eigenvalue weighted by Crippen LogP contribution is -2.27. The van der Waals surface area contributed by atoms with Crippen molar-refractivity contribution in [3.63, 3.8) is 0 Å². The fraction of sp³-hybridized carbons (Fsp3) is 0.600. The van der Waals surface area contributed by atoms with Crippen LogP contribution in [-0.2, 0) is 6.54 Å². The topological polar surface area (TPSA) is 34.9 Å². The van der Waals surface area contributed by atoms with Crippen molar-refractivity contribution in [3.8, 4) is 0 Å². The molecule has 1 fully saturated rings. The van der Waals surface area contributed by atoms with Gasteiger partial charge in [0, 0.05) is 5.92 Å². The molecule has 0 atom stereocenters. The van der Waals surface area contributed by atoms with Crippen LogP contribution in [0.1, 0.15) is 30.9 Å². The summed E-state index contributed by atoms with van der Waals surface area (Å²) >= 11 is 3.16. The van der Waals surface area contributed by atoms with Gasteiger partial charge < -0.3 is 0 Å². The summed E-state index contributed by atoms with van der Waals surface area (Å²) in [5, 5.41) is 0. The molecule has 1 saturated carbocycles. The van der Waals surface area contributed by atoms with Gasteiger partial charge >= 0.3 is 0 Å². The highest BCUT2D eigenvalue weighted by Gasteiger charge is 2.25. The Morgan fingerprint density at radius 1 is 1.56 bits per heavy atom. The maximum atomic E-state index is 12.2. The average molecular weight is 293 g/mol. The number of hydrogen-bond acceptors (Lipinski definition) is 2. The van der Waals surface area contributed by atoms with E-state index < -0.39 is 18.5 Å². The number of halogens is 3. The average Bonchev–Trinajstić information content (AvgIpc) is 2.14. The van der Waals surface area contributed by atoms with E-state index in [1.54, 1.807) is 0 Å². The Kier molecular flexibility index (Phi) is 3.37. The van der Waals surface area contributed by atoms with Crippen LogP contribution in [0.4, 0.5) is 8.78 Å². The Hall–Kier alpha value is -0.780. The molecule has 0 unspecified atom stereocenters. The summed E-state index contributed by atoms with van der Waals surface area (Å²) in [6.07, 6.45) is 1.85. The van der Waals surface area contributed by atoms with Crippen LogP contribution in [0.15, 0.2) is 15.6 Å². The minimum Gasteiger partial charge on any atom is -0.293 e. The lowest BCUT2D eigenvalue weighted by molar-refractivity contribution is 0.124. The predicted molar refractivity (Wildman–Crippen MR) is 58.8 cm³/mol. The molecule has 2 rings (SSSR count). The van der Waals surface area contributed by atoms with E-state index in [-0.39, 0.29) is 0 Å². The molecule has 1 aliphatic carbocycles. The minimum absolute atomic E-state index is 0.309. The van der Waals surface area contributed by atoms with Gasteiger partial charge in [0.15, 0.2) is 0 Å². The number of rotatable bonds is 3. The molecule has 0 spiro atoms. The fourth-order valence-corrected chi connectivity index (χ4v) is 2.38. The first-order valence-electron chi connectivity index (χ1n) is 5.12. The molecule has 0 aliphatic heterocycles. The van der Waals surface area contributed by atoms with Crippen molar-refractivity contribution in [2.24, 2.45) is 0 Å². The van der Waals surface area contributed by atoms with Crippen molar-refractivity contribution < 1.29 is 8.78 Å². The first-order chi connectivity index (χ1) is 7.59. The highest BCUT2D eigenvalue weighted by molar-refractivity contribution is 9.10. The van der Waals surface area contributed by atoms with Gasteiger partial charge in [-0.2, -0.15) is 0 Å². The molecule has 1 aromatic rings. The van der Waals surface area contributed by atoms with Crippen LogP contribution in [0.2, 0.25) is 0 Å². The number of aromatic nitrogens is 2. The van der Waals surface area contributed by atoms with Crippen molar-refractivity contribution >= 4 is 15.9 Å². The van der Waals surface area contributed by atoms with Crippen molar-refractivity contribution in [3.05, 3.63) is 26.8 Å². The van der Waals surface area contributed by atoms with Crippen molar-refractivity contribution in [1.82, 2.24) is 9.55 Å². The van der Waals surface area contributed by atoms with Gasteiger partial charge in [-0.3, -0.25) is 9.36 Å². The van der Waals surface area contributed by atoms with Crippen LogP contribution >= 0.6 is 15.9 Å². The number of nitrogens with zero attached hydrogens (tertiary/aromatic N) is 2. The van der Waals surface area contributed by atoms with E-state index in [4.69, 9.17) is 0 Å². The van der Waals surface area contributed by atoms with Gasteiger partial charge in [-0.05, 0) is 28.8 Å². The summed E-state index contributed by atoms with van der Waals surface area (Å²) in [4.78, 5) is 15.8. The van der Waals surface area contributed by atoms with Crippen molar-refractivity contribution in [1.29, 1.82) is 0 Å². The summed E-state index contributed by atoms with van der Waals surface area (Å²) in [5.41, 5.74) is 0.291. The SMILES string of the molecule is O=c1c(Br)c(C2CCC2)ncn1CC(F)F. The minimum atomic E-state index is -2.54. The standard InChI is InChI=1S/C10H11BrF2N2O/c11-8-9(6-2-1-3-6)14-5-15(10(8)16)4-7(12)13/h5-7H,1-4H2. The molecule has 88 valence electrons. The molecular formula is C10H11BrF2N2O. The van der Waals surface area contributed by atoms with Gasteiger partial charge in [0.05, 0.1) is 18.6 Å². The second-order valence-corrected chi connectivity index (χ2v) is 4.71. The van der Waals surface area contributed by atoms with Gasteiger partial charge in [-0.25, -0.2) is 13.8 Å². The third kappa shape index (κ3) is 2.16. The van der Waals surface area contributed by atoms with Gasteiger partial charge in [0.2, 0.25) is 0 Å². The Morgan fingerprint density at radius 3 is 2.75 bits per heavy atom. The van der Waals surface area contributed by atoms with Crippen LogP contribution in [0.3, 0.4) is 0 Å². The van der Waals surface area contributed by atoms with Crippen molar-refractivity contribution in [2.75, 3.05) is 0 Å². The maximum Gasteiger partial charge on any atom is 0.268 e. The molecule has 1 aromatic heterocycles. The molecule has 1 heterocycles. The summed E-state index contributed by atoms with van der Waals surface area (Å²) in [5.74, 6) is 0.309. The molecule has 1 aliphatic rings. The predicted octanol–water partition coefficient (Wildman–Crippen LogP) is 2.54. The summed E-state index contributed by atoms with van der Waals surface area (Å²) in [6.45, 7) is -0.602. The van der Waals surface area contributed by atoms with Gasteiger partial charge in [-0.15, -0.1) is 0 Å². The largest absolute Gasteiger partial charge is 0.293 e. The highest BCUT2D eigenvalue weighted by atomic mass is 79.9. The summed E-state index contributed by atoms with van der Waals surface area (Å²) < 4.78 is 25.6. The Balaban J connectivity index is 2.32. The zero-order valence-corrected chi connectivity index (χ0v) is 10.1. The first-order valence-corrected chi connectivity index (χ1v) is 5.92. The molecule has 0 radical (unpaired) electrons. The van der Waals surface area contributed by atoms with E-state index in [2.05, 4.69) is 20.9 Å². The van der Waals surface area contributed by atoms with Crippen LogP contribution in [-0.4, -0.2) is 16.0 Å². The number of alkyl halides is 2. The van der Waals surface area contributed by atoms with Gasteiger partial charge in [-0.1, -0.05) is 6.42 Å². The summed E-state index contributed by atoms with van der Waals surface area (Å²) in [6, 6.07) is 0. The van der Waals surface area contributed by atoms with E-state index in [9.17, 15) is 13.6 Å². The molecule has 0 saturated heterocycles. The summed E-state index contributed by atoms with van der Waals surface area (Å²) in [7, 11) is 0. The monoisotopic (exact) mass is 292 g/mol. The molecule has 0 bridgehead atoms. The molecule has 6 heteroatoms. The fourth-order valence-electron chi connectivity index (χ4n) is 1.72. The lowest BCUT2D eigenvalue weighted by atomic mass is 9.83. The Bertz CT molecular complexity index is 443. The molecule has 16 heavy (non-hydrogen) atoms. The Labute approximate surface area is 99.6 Å². The van der Waals surface area contributed by atoms with E-state index in [1.807, 2.05) is 0 Å². The van der Waals surface area contributed by atoms with Crippen LogP contribution < -0.4 is 5.56 Å². The molecule has 3 nitrogen and oxygen atoms in total. The molecule has 0 N–H and O–H groups in total. The van der Waals surface area contributed by atoms with Crippen LogP contribution in [0.5, 0.6) is 0 Å². The normalized spacial score (nSPS) is 16.5. The molecule has 0 aromatic carbocycles. The molecular weight excluding hydrogens is 282 g/mol. The zero-order valence-electron chi connectivity index (χ0n) is 8.50. The maximum absolute atomic E-state index is 12.2. The Morgan fingerprint density at radius 2 is 2.25 bits per heavy atom. The van der Waals surface area contributed by atoms with E-state index in [0.29, 0.717) is 16.1 Å². The van der Waals surface area contributed by atoms with Crippen molar-refractivity contribution in [2.45, 2.75) is 38.2 Å². The van der Waals surface area contributed by atoms with Gasteiger partial charge in [0.1, 0.15) is 4.47 Å². The van der Waals surface area contributed by atoms with Crippen LogP contribution in [0, 0.1) is 0 Å². The quantitative estimate of drug-likeness (QED) is 0.858. The first kappa shape index (κ1) is 11.7. The number of hydrogen-bond donors (Lipinski definition) is 0. The third-order valence-corrected chi connectivity index (χ3v) is 3.58. The highest BCUT2D eigenvalue weighted by Crippen LogP contribution is 2.37. The second kappa shape index (κ2) is 4.61. The van der Waals surface area contributed by atoms with Crippen LogP contribution in [0.25, 0.3) is 0 Å². The van der Waals surface area contributed by atoms with E-state index in [0.717, 1.165) is 23.8 Å². The second-order valence-electron chi connectivity index (χ2n) is 3.92. The smallest absolute Gasteiger partial charge is 0.268 e.